The average molecular weight is 412 g/mol. The molecule has 0 unspecified atom stereocenters. The first-order valence-electron chi connectivity index (χ1n) is 10.3. The third-order valence-corrected chi connectivity index (χ3v) is 5.58. The minimum Gasteiger partial charge on any atom is -0.454 e. The molecule has 2 aromatic carbocycles. The van der Waals surface area contributed by atoms with Crippen LogP contribution in [-0.2, 0) is 11.2 Å². The fourth-order valence-corrected chi connectivity index (χ4v) is 4.16. The third-order valence-electron chi connectivity index (χ3n) is 5.58. The molecule has 2 aliphatic rings. The molecule has 154 valence electrons. The number of nitrogens with zero attached hydrogens (tertiary/aromatic N) is 2. The topological polar surface area (TPSA) is 81.4 Å². The van der Waals surface area contributed by atoms with Crippen LogP contribution >= 0.6 is 0 Å². The van der Waals surface area contributed by atoms with E-state index >= 15 is 0 Å². The maximum Gasteiger partial charge on any atom is 0.340 e. The lowest BCUT2D eigenvalue weighted by Crippen LogP contribution is -2.18. The Hall–Kier alpha value is -3.85. The lowest BCUT2D eigenvalue weighted by atomic mass is 9.86. The van der Waals surface area contributed by atoms with Crippen LogP contribution in [0, 0.1) is 11.3 Å². The summed E-state index contributed by atoms with van der Waals surface area (Å²) in [6.45, 7) is 1.80. The number of nitriles is 1. The summed E-state index contributed by atoms with van der Waals surface area (Å²) < 4.78 is 16.3. The zero-order valence-electron chi connectivity index (χ0n) is 17.1. The SMILES string of the molecule is C[C@@H](C#N)OC(=O)c1c2c(nc3ccccc13)/C(=C\c1ccc3c(c1)OCO3)CCC2. The highest BCUT2D eigenvalue weighted by molar-refractivity contribution is 6.06. The molecule has 0 saturated carbocycles. The predicted molar refractivity (Wildman–Crippen MR) is 116 cm³/mol. The van der Waals surface area contributed by atoms with Gasteiger partial charge >= 0.3 is 5.97 Å². The van der Waals surface area contributed by atoms with Crippen molar-refractivity contribution in [2.75, 3.05) is 6.79 Å². The molecule has 0 bridgehead atoms. The molecule has 0 N–H and O–H groups in total. The number of aromatic nitrogens is 1. The Balaban J connectivity index is 1.65. The molecule has 0 spiro atoms. The van der Waals surface area contributed by atoms with Gasteiger partial charge in [0.1, 0.15) is 6.07 Å². The predicted octanol–water partition coefficient (Wildman–Crippen LogP) is 4.91. The highest BCUT2D eigenvalue weighted by atomic mass is 16.7. The van der Waals surface area contributed by atoms with Gasteiger partial charge in [0.05, 0.1) is 16.8 Å². The van der Waals surface area contributed by atoms with Crippen molar-refractivity contribution >= 4 is 28.5 Å². The highest BCUT2D eigenvalue weighted by Crippen LogP contribution is 2.38. The second-order valence-electron chi connectivity index (χ2n) is 7.64. The van der Waals surface area contributed by atoms with Crippen LogP contribution < -0.4 is 9.47 Å². The van der Waals surface area contributed by atoms with Crippen LogP contribution in [-0.4, -0.2) is 23.9 Å². The van der Waals surface area contributed by atoms with Crippen LogP contribution in [0.4, 0.5) is 0 Å². The molecule has 31 heavy (non-hydrogen) atoms. The first-order chi connectivity index (χ1) is 15.1. The van der Waals surface area contributed by atoms with Gasteiger partial charge in [-0.05, 0) is 67.2 Å². The third kappa shape index (κ3) is 3.49. The van der Waals surface area contributed by atoms with Crippen molar-refractivity contribution in [2.24, 2.45) is 0 Å². The van der Waals surface area contributed by atoms with E-state index in [1.165, 1.54) is 0 Å². The van der Waals surface area contributed by atoms with Gasteiger partial charge < -0.3 is 14.2 Å². The van der Waals surface area contributed by atoms with Gasteiger partial charge in [-0.15, -0.1) is 0 Å². The lowest BCUT2D eigenvalue weighted by molar-refractivity contribution is 0.0436. The molecule has 1 aromatic heterocycles. The average Bonchev–Trinajstić information content (AvgIpc) is 3.25. The molecule has 6 heteroatoms. The van der Waals surface area contributed by atoms with E-state index in [9.17, 15) is 4.79 Å². The molecule has 6 nitrogen and oxygen atoms in total. The number of hydrogen-bond acceptors (Lipinski definition) is 6. The zero-order chi connectivity index (χ0) is 21.4. The van der Waals surface area contributed by atoms with Crippen molar-refractivity contribution in [2.45, 2.75) is 32.3 Å². The van der Waals surface area contributed by atoms with Crippen molar-refractivity contribution in [3.8, 4) is 17.6 Å². The second kappa shape index (κ2) is 7.77. The Kier molecular flexibility index (Phi) is 4.79. The number of fused-ring (bicyclic) bond motifs is 3. The number of para-hydroxylation sites is 1. The van der Waals surface area contributed by atoms with Gasteiger partial charge in [-0.2, -0.15) is 5.26 Å². The Bertz CT molecular complexity index is 1270. The van der Waals surface area contributed by atoms with Crippen LogP contribution in [0.2, 0.25) is 0 Å². The Morgan fingerprint density at radius 2 is 2.03 bits per heavy atom. The molecule has 3 aromatic rings. The zero-order valence-corrected chi connectivity index (χ0v) is 17.1. The molecular formula is C25H20N2O4. The second-order valence-corrected chi connectivity index (χ2v) is 7.64. The number of rotatable bonds is 3. The Labute approximate surface area is 179 Å². The fraction of sp³-hybridized carbons (Fsp3) is 0.240. The van der Waals surface area contributed by atoms with Crippen LogP contribution in [0.15, 0.2) is 42.5 Å². The fourth-order valence-electron chi connectivity index (χ4n) is 4.16. The number of carbonyl (C=O) groups excluding carboxylic acids is 1. The van der Waals surface area contributed by atoms with Gasteiger partial charge in [-0.3, -0.25) is 0 Å². The summed E-state index contributed by atoms with van der Waals surface area (Å²) in [4.78, 5) is 18.0. The summed E-state index contributed by atoms with van der Waals surface area (Å²) in [6, 6.07) is 15.4. The van der Waals surface area contributed by atoms with Gasteiger partial charge in [0, 0.05) is 5.39 Å². The minimum absolute atomic E-state index is 0.234. The maximum absolute atomic E-state index is 13.0. The Morgan fingerprint density at radius 3 is 2.90 bits per heavy atom. The number of carbonyl (C=O) groups is 1. The number of ether oxygens (including phenoxy) is 3. The summed E-state index contributed by atoms with van der Waals surface area (Å²) in [5, 5.41) is 9.84. The van der Waals surface area contributed by atoms with Gasteiger partial charge in [0.25, 0.3) is 0 Å². The largest absolute Gasteiger partial charge is 0.454 e. The number of benzene rings is 2. The van der Waals surface area contributed by atoms with Gasteiger partial charge in [0.15, 0.2) is 17.6 Å². The normalized spacial score (nSPS) is 16.6. The molecule has 1 atom stereocenters. The molecular weight excluding hydrogens is 392 g/mol. The minimum atomic E-state index is -0.817. The number of allylic oxidation sites excluding steroid dienone is 1. The lowest BCUT2D eigenvalue weighted by Gasteiger charge is -2.22. The summed E-state index contributed by atoms with van der Waals surface area (Å²) in [5.74, 6) is 0.992. The van der Waals surface area contributed by atoms with Crippen LogP contribution in [0.1, 0.15) is 46.9 Å². The summed E-state index contributed by atoms with van der Waals surface area (Å²) in [6.07, 6.45) is 3.77. The van der Waals surface area contributed by atoms with E-state index in [1.807, 2.05) is 48.5 Å². The van der Waals surface area contributed by atoms with Crippen LogP contribution in [0.25, 0.3) is 22.6 Å². The summed E-state index contributed by atoms with van der Waals surface area (Å²) >= 11 is 0. The van der Waals surface area contributed by atoms with Gasteiger partial charge in [0.2, 0.25) is 6.79 Å². The van der Waals surface area contributed by atoms with Crippen molar-refractivity contribution in [1.82, 2.24) is 4.98 Å². The van der Waals surface area contributed by atoms with E-state index in [0.717, 1.165) is 64.1 Å². The highest BCUT2D eigenvalue weighted by Gasteiger charge is 2.27. The van der Waals surface area contributed by atoms with Crippen LogP contribution in [0.3, 0.4) is 0 Å². The first-order valence-corrected chi connectivity index (χ1v) is 10.3. The molecule has 1 aliphatic heterocycles. The van der Waals surface area contributed by atoms with Crippen molar-refractivity contribution < 1.29 is 19.0 Å². The number of esters is 1. The molecule has 0 radical (unpaired) electrons. The van der Waals surface area contributed by atoms with Crippen molar-refractivity contribution in [3.63, 3.8) is 0 Å². The van der Waals surface area contributed by atoms with Gasteiger partial charge in [-0.25, -0.2) is 9.78 Å². The molecule has 0 amide bonds. The van der Waals surface area contributed by atoms with Gasteiger partial charge in [-0.1, -0.05) is 24.3 Å². The van der Waals surface area contributed by atoms with E-state index in [2.05, 4.69) is 6.08 Å². The Morgan fingerprint density at radius 1 is 1.19 bits per heavy atom. The monoisotopic (exact) mass is 412 g/mol. The number of hydrogen-bond donors (Lipinski definition) is 0. The standard InChI is InChI=1S/C25H20N2O4/c1-15(13-26)31-25(28)23-18-6-2-3-8-20(18)27-24-17(5-4-7-19(23)24)11-16-9-10-21-22(12-16)30-14-29-21/h2-3,6,8-12,15H,4-5,7,14H2,1H3/b17-11-/t15-/m0/s1. The van der Waals surface area contributed by atoms with E-state index in [4.69, 9.17) is 24.5 Å². The van der Waals surface area contributed by atoms with E-state index in [1.54, 1.807) is 6.92 Å². The smallest absolute Gasteiger partial charge is 0.340 e. The maximum atomic E-state index is 13.0. The van der Waals surface area contributed by atoms with E-state index in [-0.39, 0.29) is 6.79 Å². The molecule has 1 aliphatic carbocycles. The van der Waals surface area contributed by atoms with E-state index < -0.39 is 12.1 Å². The van der Waals surface area contributed by atoms with Crippen molar-refractivity contribution in [3.05, 3.63) is 64.8 Å². The summed E-state index contributed by atoms with van der Waals surface area (Å²) in [7, 11) is 0. The number of pyridine rings is 1. The molecule has 0 fully saturated rings. The van der Waals surface area contributed by atoms with Crippen molar-refractivity contribution in [1.29, 1.82) is 5.26 Å². The first kappa shape index (κ1) is 19.1. The van der Waals surface area contributed by atoms with E-state index in [0.29, 0.717) is 5.56 Å². The summed E-state index contributed by atoms with van der Waals surface area (Å²) in [5.41, 5.74) is 5.00. The molecule has 0 saturated heterocycles. The van der Waals surface area contributed by atoms with Crippen LogP contribution in [0.5, 0.6) is 11.5 Å². The molecule has 5 rings (SSSR count). The molecule has 2 heterocycles. The quantitative estimate of drug-likeness (QED) is 0.569.